The van der Waals surface area contributed by atoms with Gasteiger partial charge in [0.05, 0.1) is 5.69 Å². The molecule has 1 fully saturated rings. The molecule has 0 unspecified atom stereocenters. The van der Waals surface area contributed by atoms with E-state index >= 15 is 0 Å². The van der Waals surface area contributed by atoms with Crippen LogP contribution in [-0.2, 0) is 12.8 Å². The molecule has 1 saturated heterocycles. The zero-order valence-corrected chi connectivity index (χ0v) is 17.5. The normalized spacial score (nSPS) is 17.2. The molecule has 28 heavy (non-hydrogen) atoms. The molecule has 3 nitrogen and oxygen atoms in total. The predicted molar refractivity (Wildman–Crippen MR) is 122 cm³/mol. The molecular formula is C23H24ClN3S. The Bertz CT molecular complexity index is 1020. The lowest BCUT2D eigenvalue weighted by molar-refractivity contribution is 0.261. The maximum absolute atomic E-state index is 6.55. The number of halogens is 1. The summed E-state index contributed by atoms with van der Waals surface area (Å²) in [5.41, 5.74) is 5.01. The highest BCUT2D eigenvalue weighted by molar-refractivity contribution is 7.17. The van der Waals surface area contributed by atoms with Crippen molar-refractivity contribution in [3.05, 3.63) is 57.9 Å². The molecule has 3 heterocycles. The second kappa shape index (κ2) is 7.86. The smallest absolute Gasteiger partial charge is 0.0661 e. The summed E-state index contributed by atoms with van der Waals surface area (Å²) in [5, 5.41) is 4.48. The molecule has 0 amide bonds. The Morgan fingerprint density at radius 2 is 1.96 bits per heavy atom. The Labute approximate surface area is 175 Å². The molecule has 0 radical (unpaired) electrons. The van der Waals surface area contributed by atoms with Crippen molar-refractivity contribution in [3.63, 3.8) is 0 Å². The molecule has 0 saturated carbocycles. The molecule has 3 aromatic rings. The van der Waals surface area contributed by atoms with Crippen LogP contribution in [0.3, 0.4) is 0 Å². The van der Waals surface area contributed by atoms with E-state index in [0.29, 0.717) is 0 Å². The van der Waals surface area contributed by atoms with Crippen molar-refractivity contribution in [1.82, 2.24) is 4.90 Å². The first-order valence-electron chi connectivity index (χ1n) is 10.1. The number of benzene rings is 2. The number of aliphatic imine (C=N–C) groups is 1. The minimum atomic E-state index is 0.902. The van der Waals surface area contributed by atoms with Gasteiger partial charge in [0.2, 0.25) is 0 Å². The lowest BCUT2D eigenvalue weighted by Crippen LogP contribution is -2.47. The average molecular weight is 410 g/mol. The van der Waals surface area contributed by atoms with Gasteiger partial charge in [-0.15, -0.1) is 11.3 Å². The first-order chi connectivity index (χ1) is 13.8. The topological polar surface area (TPSA) is 18.8 Å². The second-order valence-electron chi connectivity index (χ2n) is 7.61. The molecule has 0 aliphatic carbocycles. The highest BCUT2D eigenvalue weighted by atomic mass is 35.5. The highest BCUT2D eigenvalue weighted by Gasteiger charge is 2.19. The molecule has 0 bridgehead atoms. The fraction of sp³-hybridized carbons (Fsp3) is 0.348. The van der Waals surface area contributed by atoms with Crippen molar-refractivity contribution in [1.29, 1.82) is 0 Å². The number of piperazine rings is 1. The van der Waals surface area contributed by atoms with Crippen LogP contribution in [0.2, 0.25) is 5.02 Å². The molecule has 2 aliphatic heterocycles. The molecule has 1 aromatic heterocycles. The minimum Gasteiger partial charge on any atom is -0.368 e. The van der Waals surface area contributed by atoms with E-state index in [1.165, 1.54) is 26.9 Å². The minimum absolute atomic E-state index is 0.902. The van der Waals surface area contributed by atoms with Gasteiger partial charge in [0.1, 0.15) is 0 Å². The zero-order valence-electron chi connectivity index (χ0n) is 15.9. The molecule has 144 valence electrons. The highest BCUT2D eigenvalue weighted by Crippen LogP contribution is 2.32. The van der Waals surface area contributed by atoms with Gasteiger partial charge in [0.15, 0.2) is 0 Å². The van der Waals surface area contributed by atoms with Crippen LogP contribution in [0.25, 0.3) is 10.1 Å². The summed E-state index contributed by atoms with van der Waals surface area (Å²) in [6.07, 6.45) is 5.08. The predicted octanol–water partition coefficient (Wildman–Crippen LogP) is 5.57. The summed E-state index contributed by atoms with van der Waals surface area (Å²) >= 11 is 8.37. The third-order valence-electron chi connectivity index (χ3n) is 5.90. The number of hydrogen-bond donors (Lipinski definition) is 0. The number of anilines is 1. The fourth-order valence-electron chi connectivity index (χ4n) is 4.29. The van der Waals surface area contributed by atoms with E-state index in [0.717, 1.165) is 62.7 Å². The van der Waals surface area contributed by atoms with E-state index in [9.17, 15) is 0 Å². The van der Waals surface area contributed by atoms with Crippen molar-refractivity contribution < 1.29 is 0 Å². The van der Waals surface area contributed by atoms with Gasteiger partial charge < -0.3 is 4.90 Å². The first kappa shape index (κ1) is 18.2. The Hall–Kier alpha value is -1.88. The van der Waals surface area contributed by atoms with Crippen LogP contribution in [0, 0.1) is 0 Å². The molecule has 5 rings (SSSR count). The number of nitrogens with zero attached hydrogens (tertiary/aromatic N) is 3. The summed E-state index contributed by atoms with van der Waals surface area (Å²) in [6.45, 7) is 5.41. The average Bonchev–Trinajstić information content (AvgIpc) is 3.22. The van der Waals surface area contributed by atoms with Crippen LogP contribution in [0.5, 0.6) is 0 Å². The van der Waals surface area contributed by atoms with E-state index in [1.54, 1.807) is 0 Å². The number of hydrogen-bond acceptors (Lipinski definition) is 4. The summed E-state index contributed by atoms with van der Waals surface area (Å²) < 4.78 is 1.38. The van der Waals surface area contributed by atoms with Crippen LogP contribution < -0.4 is 4.90 Å². The first-order valence-corrected chi connectivity index (χ1v) is 11.3. The van der Waals surface area contributed by atoms with Gasteiger partial charge in [0.25, 0.3) is 0 Å². The quantitative estimate of drug-likeness (QED) is 0.561. The molecule has 0 atom stereocenters. The molecule has 2 aromatic carbocycles. The molecule has 5 heteroatoms. The maximum atomic E-state index is 6.55. The van der Waals surface area contributed by atoms with E-state index in [-0.39, 0.29) is 0 Å². The van der Waals surface area contributed by atoms with Crippen LogP contribution in [0.1, 0.15) is 17.5 Å². The van der Waals surface area contributed by atoms with E-state index in [1.807, 2.05) is 17.6 Å². The van der Waals surface area contributed by atoms with E-state index in [2.05, 4.69) is 56.6 Å². The van der Waals surface area contributed by atoms with Crippen molar-refractivity contribution >= 4 is 50.6 Å². The van der Waals surface area contributed by atoms with Crippen molar-refractivity contribution in [2.75, 3.05) is 37.6 Å². The van der Waals surface area contributed by atoms with Gasteiger partial charge in [-0.2, -0.15) is 0 Å². The van der Waals surface area contributed by atoms with E-state index in [4.69, 9.17) is 11.6 Å². The van der Waals surface area contributed by atoms with Crippen LogP contribution >= 0.6 is 22.9 Å². The second-order valence-corrected chi connectivity index (χ2v) is 8.97. The SMILES string of the molecule is Clc1cc2c(cc1CCN1CCN(c3cccc4sccc34)CC1)N=CCC2. The van der Waals surface area contributed by atoms with E-state index < -0.39 is 0 Å². The Morgan fingerprint density at radius 3 is 2.86 bits per heavy atom. The van der Waals surface area contributed by atoms with Gasteiger partial charge >= 0.3 is 0 Å². The number of rotatable bonds is 4. The largest absolute Gasteiger partial charge is 0.368 e. The zero-order chi connectivity index (χ0) is 18.9. The van der Waals surface area contributed by atoms with Crippen molar-refractivity contribution in [2.24, 2.45) is 4.99 Å². The number of thiophene rings is 1. The summed E-state index contributed by atoms with van der Waals surface area (Å²) in [7, 11) is 0. The number of fused-ring (bicyclic) bond motifs is 2. The van der Waals surface area contributed by atoms with Gasteiger partial charge in [-0.05, 0) is 66.1 Å². The molecule has 0 N–H and O–H groups in total. The van der Waals surface area contributed by atoms with Crippen LogP contribution in [0.4, 0.5) is 11.4 Å². The molecule has 2 aliphatic rings. The van der Waals surface area contributed by atoms with Crippen LogP contribution in [0.15, 0.2) is 46.8 Å². The van der Waals surface area contributed by atoms with Crippen molar-refractivity contribution in [2.45, 2.75) is 19.3 Å². The Morgan fingerprint density at radius 1 is 1.07 bits per heavy atom. The van der Waals surface area contributed by atoms with Gasteiger partial charge in [-0.3, -0.25) is 9.89 Å². The monoisotopic (exact) mass is 409 g/mol. The summed E-state index contributed by atoms with van der Waals surface area (Å²) in [5.74, 6) is 0. The standard InChI is InChI=1S/C23H24ClN3S/c24-20-15-18-3-2-8-25-21(18)16-17(20)6-9-26-10-12-27(13-11-26)22-4-1-5-23-19(22)7-14-28-23/h1,4-5,7-8,14-16H,2-3,6,9-13H2. The third kappa shape index (κ3) is 3.57. The van der Waals surface area contributed by atoms with Crippen LogP contribution in [-0.4, -0.2) is 43.8 Å². The molecule has 0 spiro atoms. The summed E-state index contributed by atoms with van der Waals surface area (Å²) in [4.78, 5) is 9.64. The van der Waals surface area contributed by atoms with Gasteiger partial charge in [-0.1, -0.05) is 17.7 Å². The Balaban J connectivity index is 1.21. The summed E-state index contributed by atoms with van der Waals surface area (Å²) in [6, 6.07) is 13.2. The third-order valence-corrected chi connectivity index (χ3v) is 7.14. The van der Waals surface area contributed by atoms with Gasteiger partial charge in [-0.25, -0.2) is 0 Å². The lowest BCUT2D eigenvalue weighted by Gasteiger charge is -2.36. The number of aryl methyl sites for hydroxylation is 1. The van der Waals surface area contributed by atoms with Crippen molar-refractivity contribution in [3.8, 4) is 0 Å². The fourth-order valence-corrected chi connectivity index (χ4v) is 5.37. The molecular weight excluding hydrogens is 386 g/mol. The van der Waals surface area contributed by atoms with Gasteiger partial charge in [0, 0.05) is 59.7 Å². The Kier molecular flexibility index (Phi) is 5.10. The lowest BCUT2D eigenvalue weighted by atomic mass is 10.0. The maximum Gasteiger partial charge on any atom is 0.0661 e.